The van der Waals surface area contributed by atoms with Gasteiger partial charge in [-0.15, -0.1) is 12.4 Å². The van der Waals surface area contributed by atoms with E-state index in [2.05, 4.69) is 21.2 Å². The quantitative estimate of drug-likeness (QED) is 0.837. The summed E-state index contributed by atoms with van der Waals surface area (Å²) in [6, 6.07) is 5.72. The van der Waals surface area contributed by atoms with Crippen molar-refractivity contribution in [1.82, 2.24) is 9.62 Å². The van der Waals surface area contributed by atoms with Crippen LogP contribution in [-0.4, -0.2) is 37.9 Å². The second-order valence-electron chi connectivity index (χ2n) is 5.62. The molecule has 2 unspecified atom stereocenters. The summed E-state index contributed by atoms with van der Waals surface area (Å²) in [4.78, 5) is 0.436. The molecular formula is C14H20BrClN2O2S. The number of nitrogens with zero attached hydrogens (tertiary/aromatic N) is 1. The third-order valence-corrected chi connectivity index (χ3v) is 6.93. The Morgan fingerprint density at radius 3 is 2.71 bits per heavy atom. The number of halogens is 2. The maximum absolute atomic E-state index is 13.1. The van der Waals surface area contributed by atoms with E-state index in [0.29, 0.717) is 4.90 Å². The van der Waals surface area contributed by atoms with E-state index < -0.39 is 10.0 Å². The lowest BCUT2D eigenvalue weighted by Gasteiger charge is -2.27. The van der Waals surface area contributed by atoms with Crippen LogP contribution in [0.1, 0.15) is 24.8 Å². The molecule has 2 aliphatic rings. The topological polar surface area (TPSA) is 49.4 Å². The van der Waals surface area contributed by atoms with Gasteiger partial charge in [-0.05, 0) is 50.4 Å². The number of benzene rings is 1. The molecule has 1 N–H and O–H groups in total. The van der Waals surface area contributed by atoms with Gasteiger partial charge in [0.25, 0.3) is 0 Å². The molecule has 4 nitrogen and oxygen atoms in total. The fraction of sp³-hybridized carbons (Fsp3) is 0.571. The Bertz CT molecular complexity index is 609. The first-order valence-electron chi connectivity index (χ1n) is 7.00. The minimum absolute atomic E-state index is 0. The summed E-state index contributed by atoms with van der Waals surface area (Å²) in [5.74, 6) is 0. The van der Waals surface area contributed by atoms with E-state index in [9.17, 15) is 8.42 Å². The van der Waals surface area contributed by atoms with Crippen LogP contribution in [0.5, 0.6) is 0 Å². The molecule has 0 saturated carbocycles. The highest BCUT2D eigenvalue weighted by Gasteiger charge is 2.43. The lowest BCUT2D eigenvalue weighted by Crippen LogP contribution is -2.42. The molecule has 0 spiro atoms. The second-order valence-corrected chi connectivity index (χ2v) is 8.35. The number of fused-ring (bicyclic) bond motifs is 2. The van der Waals surface area contributed by atoms with Crippen LogP contribution in [0.25, 0.3) is 0 Å². The molecule has 7 heteroatoms. The van der Waals surface area contributed by atoms with Crippen LogP contribution in [0, 0.1) is 6.92 Å². The van der Waals surface area contributed by atoms with Gasteiger partial charge in [-0.2, -0.15) is 4.31 Å². The molecule has 0 aromatic heterocycles. The van der Waals surface area contributed by atoms with Gasteiger partial charge in [-0.3, -0.25) is 0 Å². The molecule has 2 atom stereocenters. The average Bonchev–Trinajstić information content (AvgIpc) is 2.66. The van der Waals surface area contributed by atoms with Gasteiger partial charge in [0.1, 0.15) is 0 Å². The molecule has 2 bridgehead atoms. The molecule has 2 aliphatic heterocycles. The Morgan fingerprint density at radius 2 is 1.95 bits per heavy atom. The number of hydrogen-bond acceptors (Lipinski definition) is 3. The lowest BCUT2D eigenvalue weighted by atomic mass is 10.1. The number of aryl methyl sites for hydroxylation is 1. The van der Waals surface area contributed by atoms with Crippen molar-refractivity contribution in [2.24, 2.45) is 0 Å². The van der Waals surface area contributed by atoms with Crippen molar-refractivity contribution in [1.29, 1.82) is 0 Å². The highest BCUT2D eigenvalue weighted by Crippen LogP contribution is 2.35. The molecule has 2 saturated heterocycles. The summed E-state index contributed by atoms with van der Waals surface area (Å²) in [5, 5.41) is 3.34. The normalized spacial score (nSPS) is 26.2. The molecule has 3 rings (SSSR count). The van der Waals surface area contributed by atoms with E-state index in [1.54, 1.807) is 10.4 Å². The van der Waals surface area contributed by atoms with Crippen LogP contribution in [0.2, 0.25) is 0 Å². The highest BCUT2D eigenvalue weighted by atomic mass is 79.9. The molecule has 0 amide bonds. The number of rotatable bonds is 2. The van der Waals surface area contributed by atoms with Crippen molar-refractivity contribution in [2.45, 2.75) is 43.2 Å². The third-order valence-electron chi connectivity index (χ3n) is 4.29. The van der Waals surface area contributed by atoms with Gasteiger partial charge < -0.3 is 5.32 Å². The van der Waals surface area contributed by atoms with Crippen LogP contribution in [-0.2, 0) is 10.0 Å². The summed E-state index contributed by atoms with van der Waals surface area (Å²) in [5.41, 5.74) is 0.810. The third kappa shape index (κ3) is 3.15. The smallest absolute Gasteiger partial charge is 0.243 e. The SMILES string of the molecule is Cc1ccc(Br)cc1S(=O)(=O)N1C2CCNCC1CC2.Cl. The van der Waals surface area contributed by atoms with Gasteiger partial charge in [-0.25, -0.2) is 8.42 Å². The van der Waals surface area contributed by atoms with Crippen molar-refractivity contribution >= 4 is 38.4 Å². The molecule has 1 aromatic rings. The van der Waals surface area contributed by atoms with Crippen LogP contribution in [0.15, 0.2) is 27.6 Å². The van der Waals surface area contributed by atoms with Crippen LogP contribution < -0.4 is 5.32 Å². The van der Waals surface area contributed by atoms with Crippen molar-refractivity contribution < 1.29 is 8.42 Å². The largest absolute Gasteiger partial charge is 0.315 e. The molecule has 2 fully saturated rings. The Kier molecular flexibility index (Phi) is 5.36. The Labute approximate surface area is 140 Å². The molecular weight excluding hydrogens is 376 g/mol. The first-order valence-corrected chi connectivity index (χ1v) is 9.24. The van der Waals surface area contributed by atoms with E-state index >= 15 is 0 Å². The maximum atomic E-state index is 13.1. The Hall–Kier alpha value is -0.140. The van der Waals surface area contributed by atoms with Gasteiger partial charge in [0.2, 0.25) is 10.0 Å². The zero-order valence-electron chi connectivity index (χ0n) is 11.9. The van der Waals surface area contributed by atoms with Gasteiger partial charge in [0.05, 0.1) is 4.90 Å². The van der Waals surface area contributed by atoms with Gasteiger partial charge in [-0.1, -0.05) is 22.0 Å². The predicted octanol–water partition coefficient (Wildman–Crippen LogP) is 2.69. The predicted molar refractivity (Wildman–Crippen MR) is 89.4 cm³/mol. The van der Waals surface area contributed by atoms with Crippen molar-refractivity contribution in [3.8, 4) is 0 Å². The number of sulfonamides is 1. The number of hydrogen-bond donors (Lipinski definition) is 1. The molecule has 0 aliphatic carbocycles. The van der Waals surface area contributed by atoms with Crippen LogP contribution in [0.4, 0.5) is 0 Å². The first kappa shape index (κ1) is 17.2. The summed E-state index contributed by atoms with van der Waals surface area (Å²) in [6.45, 7) is 3.53. The number of nitrogens with one attached hydrogen (secondary N) is 1. The molecule has 2 heterocycles. The van der Waals surface area contributed by atoms with E-state index in [1.165, 1.54) is 0 Å². The van der Waals surface area contributed by atoms with Crippen LogP contribution in [0.3, 0.4) is 0 Å². The Morgan fingerprint density at radius 1 is 1.24 bits per heavy atom. The molecule has 1 aromatic carbocycles. The zero-order valence-corrected chi connectivity index (χ0v) is 15.1. The van der Waals surface area contributed by atoms with E-state index in [4.69, 9.17) is 0 Å². The lowest BCUT2D eigenvalue weighted by molar-refractivity contribution is 0.334. The van der Waals surface area contributed by atoms with Gasteiger partial charge in [0, 0.05) is 23.1 Å². The fourth-order valence-corrected chi connectivity index (χ4v) is 5.96. The highest BCUT2D eigenvalue weighted by molar-refractivity contribution is 9.10. The monoisotopic (exact) mass is 394 g/mol. The van der Waals surface area contributed by atoms with Gasteiger partial charge in [0.15, 0.2) is 0 Å². The van der Waals surface area contributed by atoms with Gasteiger partial charge >= 0.3 is 0 Å². The zero-order chi connectivity index (χ0) is 14.3. The summed E-state index contributed by atoms with van der Waals surface area (Å²) < 4.78 is 28.7. The second kappa shape index (κ2) is 6.54. The minimum Gasteiger partial charge on any atom is -0.315 e. The van der Waals surface area contributed by atoms with Crippen molar-refractivity contribution in [3.05, 3.63) is 28.2 Å². The van der Waals surface area contributed by atoms with E-state index in [0.717, 1.165) is 42.4 Å². The average molecular weight is 396 g/mol. The minimum atomic E-state index is -3.41. The summed E-state index contributed by atoms with van der Waals surface area (Å²) in [6.07, 6.45) is 2.85. The standard InChI is InChI=1S/C14H19BrN2O2S.ClH/c1-10-2-3-11(15)8-14(10)20(18,19)17-12-4-5-13(17)9-16-7-6-12;/h2-3,8,12-13,16H,4-7,9H2,1H3;1H. The first-order chi connectivity index (χ1) is 9.50. The fourth-order valence-electron chi connectivity index (χ4n) is 3.30. The summed E-state index contributed by atoms with van der Waals surface area (Å²) >= 11 is 3.38. The van der Waals surface area contributed by atoms with Crippen molar-refractivity contribution in [2.75, 3.05) is 13.1 Å². The van der Waals surface area contributed by atoms with Crippen LogP contribution >= 0.6 is 28.3 Å². The van der Waals surface area contributed by atoms with Crippen molar-refractivity contribution in [3.63, 3.8) is 0 Å². The van der Waals surface area contributed by atoms with E-state index in [1.807, 2.05) is 19.1 Å². The molecule has 118 valence electrons. The Balaban J connectivity index is 0.00000161. The molecule has 21 heavy (non-hydrogen) atoms. The maximum Gasteiger partial charge on any atom is 0.243 e. The summed E-state index contributed by atoms with van der Waals surface area (Å²) in [7, 11) is -3.41. The molecule has 0 radical (unpaired) electrons. The van der Waals surface area contributed by atoms with E-state index in [-0.39, 0.29) is 24.5 Å².